The van der Waals surface area contributed by atoms with Crippen molar-refractivity contribution in [3.05, 3.63) is 35.9 Å². The lowest BCUT2D eigenvalue weighted by Crippen LogP contribution is -2.45. The van der Waals surface area contributed by atoms with E-state index >= 15 is 0 Å². The number of carbonyl (C=O) groups excluding carboxylic acids is 3. The van der Waals surface area contributed by atoms with Crippen molar-refractivity contribution in [1.82, 2.24) is 15.5 Å². The lowest BCUT2D eigenvalue weighted by atomic mass is 10.1. The van der Waals surface area contributed by atoms with Gasteiger partial charge in [-0.1, -0.05) is 18.2 Å². The maximum atomic E-state index is 11.9. The second-order valence-corrected chi connectivity index (χ2v) is 5.27. The first-order valence-electron chi connectivity index (χ1n) is 7.54. The van der Waals surface area contributed by atoms with E-state index in [1.165, 1.54) is 0 Å². The number of benzene rings is 1. The van der Waals surface area contributed by atoms with Crippen LogP contribution in [0.3, 0.4) is 0 Å². The normalized spacial score (nSPS) is 14.3. The summed E-state index contributed by atoms with van der Waals surface area (Å²) < 4.78 is 0. The number of amides is 3. The van der Waals surface area contributed by atoms with Crippen LogP contribution >= 0.6 is 0 Å². The van der Waals surface area contributed by atoms with E-state index in [-0.39, 0.29) is 30.8 Å². The average molecular weight is 303 g/mol. The molecule has 0 atom stereocenters. The molecule has 0 unspecified atom stereocenters. The van der Waals surface area contributed by atoms with Gasteiger partial charge in [0.1, 0.15) is 0 Å². The Bertz CT molecular complexity index is 525. The van der Waals surface area contributed by atoms with E-state index in [1.807, 2.05) is 6.07 Å². The lowest BCUT2D eigenvalue weighted by molar-refractivity contribution is -0.133. The fourth-order valence-electron chi connectivity index (χ4n) is 2.34. The van der Waals surface area contributed by atoms with E-state index < -0.39 is 0 Å². The van der Waals surface area contributed by atoms with Crippen LogP contribution in [0.4, 0.5) is 0 Å². The molecule has 6 nitrogen and oxygen atoms in total. The summed E-state index contributed by atoms with van der Waals surface area (Å²) in [6.45, 7) is 1.37. The topological polar surface area (TPSA) is 78.5 Å². The number of nitrogens with one attached hydrogen (secondary N) is 2. The van der Waals surface area contributed by atoms with Gasteiger partial charge in [0.25, 0.3) is 5.91 Å². The van der Waals surface area contributed by atoms with Gasteiger partial charge in [0.05, 0.1) is 13.1 Å². The summed E-state index contributed by atoms with van der Waals surface area (Å²) >= 11 is 0. The number of hydrogen-bond acceptors (Lipinski definition) is 3. The summed E-state index contributed by atoms with van der Waals surface area (Å²) in [7, 11) is 0. The Labute approximate surface area is 129 Å². The second kappa shape index (κ2) is 8.17. The molecule has 0 spiro atoms. The zero-order chi connectivity index (χ0) is 15.8. The molecule has 22 heavy (non-hydrogen) atoms. The van der Waals surface area contributed by atoms with E-state index in [0.29, 0.717) is 5.56 Å². The third-order valence-corrected chi connectivity index (χ3v) is 3.59. The van der Waals surface area contributed by atoms with Crippen LogP contribution in [-0.4, -0.2) is 48.8 Å². The lowest BCUT2D eigenvalue weighted by Gasteiger charge is -2.26. The van der Waals surface area contributed by atoms with E-state index in [1.54, 1.807) is 29.2 Å². The molecule has 0 aliphatic carbocycles. The first-order chi connectivity index (χ1) is 10.7. The maximum Gasteiger partial charge on any atom is 0.251 e. The molecule has 2 rings (SSSR count). The summed E-state index contributed by atoms with van der Waals surface area (Å²) in [5, 5.41) is 5.07. The summed E-state index contributed by atoms with van der Waals surface area (Å²) in [6.07, 6.45) is 3.20. The number of rotatable bonds is 5. The van der Waals surface area contributed by atoms with E-state index in [4.69, 9.17) is 0 Å². The zero-order valence-electron chi connectivity index (χ0n) is 12.5. The Hall–Kier alpha value is -2.37. The van der Waals surface area contributed by atoms with Gasteiger partial charge in [0, 0.05) is 18.7 Å². The van der Waals surface area contributed by atoms with Gasteiger partial charge < -0.3 is 15.5 Å². The second-order valence-electron chi connectivity index (χ2n) is 5.27. The molecule has 1 fully saturated rings. The molecule has 1 heterocycles. The highest BCUT2D eigenvalue weighted by atomic mass is 16.2. The minimum atomic E-state index is -0.366. The van der Waals surface area contributed by atoms with Gasteiger partial charge >= 0.3 is 0 Å². The van der Waals surface area contributed by atoms with Gasteiger partial charge in [-0.25, -0.2) is 0 Å². The number of likely N-dealkylation sites (tertiary alicyclic amines) is 1. The molecule has 1 aromatic rings. The predicted octanol–water partition coefficient (Wildman–Crippen LogP) is 0.545. The minimum Gasteiger partial charge on any atom is -0.345 e. The van der Waals surface area contributed by atoms with Crippen LogP contribution in [0.1, 0.15) is 29.6 Å². The highest BCUT2D eigenvalue weighted by Crippen LogP contribution is 2.08. The molecule has 0 bridgehead atoms. The van der Waals surface area contributed by atoms with Crippen molar-refractivity contribution >= 4 is 17.7 Å². The summed E-state index contributed by atoms with van der Waals surface area (Å²) in [5.74, 6) is -0.741. The van der Waals surface area contributed by atoms with Crippen molar-refractivity contribution in [1.29, 1.82) is 0 Å². The summed E-state index contributed by atoms with van der Waals surface area (Å²) in [6, 6.07) is 8.68. The van der Waals surface area contributed by atoms with E-state index in [0.717, 1.165) is 32.4 Å². The number of nitrogens with zero attached hydrogens (tertiary/aromatic N) is 1. The summed E-state index contributed by atoms with van der Waals surface area (Å²) in [5.41, 5.74) is 0.500. The molecule has 3 amide bonds. The van der Waals surface area contributed by atoms with Crippen LogP contribution < -0.4 is 10.6 Å². The molecule has 1 saturated heterocycles. The summed E-state index contributed by atoms with van der Waals surface area (Å²) in [4.78, 5) is 37.1. The van der Waals surface area contributed by atoms with E-state index in [2.05, 4.69) is 10.6 Å². The first-order valence-corrected chi connectivity index (χ1v) is 7.54. The largest absolute Gasteiger partial charge is 0.345 e. The zero-order valence-corrected chi connectivity index (χ0v) is 12.5. The third-order valence-electron chi connectivity index (χ3n) is 3.59. The number of hydrogen-bond donors (Lipinski definition) is 2. The van der Waals surface area contributed by atoms with E-state index in [9.17, 15) is 14.4 Å². The molecule has 2 N–H and O–H groups in total. The SMILES string of the molecule is O=C(CNC(=O)c1ccccc1)NCC(=O)N1CCCCC1. The highest BCUT2D eigenvalue weighted by molar-refractivity contribution is 5.96. The van der Waals surface area contributed by atoms with Crippen LogP contribution in [0.5, 0.6) is 0 Å². The molecule has 0 radical (unpaired) electrons. The molecular weight excluding hydrogens is 282 g/mol. The Morgan fingerprint density at radius 1 is 0.909 bits per heavy atom. The Kier molecular flexibility index (Phi) is 5.94. The van der Waals surface area contributed by atoms with Crippen molar-refractivity contribution in [2.45, 2.75) is 19.3 Å². The fraction of sp³-hybridized carbons (Fsp3) is 0.438. The van der Waals surface area contributed by atoms with Gasteiger partial charge in [-0.05, 0) is 31.4 Å². The van der Waals surface area contributed by atoms with Gasteiger partial charge in [0.2, 0.25) is 11.8 Å². The maximum absolute atomic E-state index is 11.9. The van der Waals surface area contributed by atoms with Gasteiger partial charge in [-0.15, -0.1) is 0 Å². The van der Waals surface area contributed by atoms with Crippen molar-refractivity contribution in [2.75, 3.05) is 26.2 Å². The van der Waals surface area contributed by atoms with Crippen LogP contribution in [0, 0.1) is 0 Å². The molecule has 1 aliphatic rings. The van der Waals surface area contributed by atoms with Crippen molar-refractivity contribution in [3.8, 4) is 0 Å². The monoisotopic (exact) mass is 303 g/mol. The average Bonchev–Trinajstić information content (AvgIpc) is 2.59. The molecule has 1 aliphatic heterocycles. The molecule has 0 saturated carbocycles. The smallest absolute Gasteiger partial charge is 0.251 e. The van der Waals surface area contributed by atoms with Crippen LogP contribution in [0.15, 0.2) is 30.3 Å². The minimum absolute atomic E-state index is 0.0138. The van der Waals surface area contributed by atoms with Crippen molar-refractivity contribution in [3.63, 3.8) is 0 Å². The molecule has 0 aromatic heterocycles. The first kappa shape index (κ1) is 16.0. The van der Waals surface area contributed by atoms with Gasteiger partial charge in [-0.2, -0.15) is 0 Å². The molecule has 1 aromatic carbocycles. The van der Waals surface area contributed by atoms with Crippen LogP contribution in [0.2, 0.25) is 0 Å². The van der Waals surface area contributed by atoms with Crippen molar-refractivity contribution < 1.29 is 14.4 Å². The van der Waals surface area contributed by atoms with Crippen molar-refractivity contribution in [2.24, 2.45) is 0 Å². The number of carbonyl (C=O) groups is 3. The highest BCUT2D eigenvalue weighted by Gasteiger charge is 2.17. The fourth-order valence-corrected chi connectivity index (χ4v) is 2.34. The predicted molar refractivity (Wildman–Crippen MR) is 82.2 cm³/mol. The molecular formula is C16H21N3O3. The molecule has 118 valence electrons. The van der Waals surface area contributed by atoms with Gasteiger partial charge in [0.15, 0.2) is 0 Å². The van der Waals surface area contributed by atoms with Gasteiger partial charge in [-0.3, -0.25) is 14.4 Å². The number of piperidine rings is 1. The Morgan fingerprint density at radius 3 is 2.27 bits per heavy atom. The Morgan fingerprint density at radius 2 is 1.59 bits per heavy atom. The molecule has 6 heteroatoms. The van der Waals surface area contributed by atoms with Crippen LogP contribution in [0.25, 0.3) is 0 Å². The Balaban J connectivity index is 1.67. The standard InChI is InChI=1S/C16H21N3O3/c20-14(11-18-16(22)13-7-3-1-4-8-13)17-12-15(21)19-9-5-2-6-10-19/h1,3-4,7-8H,2,5-6,9-12H2,(H,17,20)(H,18,22). The van der Waals surface area contributed by atoms with Crippen LogP contribution in [-0.2, 0) is 9.59 Å². The quantitative estimate of drug-likeness (QED) is 0.833. The third kappa shape index (κ3) is 4.87.